The number of amides is 1. The van der Waals surface area contributed by atoms with Gasteiger partial charge < -0.3 is 5.32 Å². The van der Waals surface area contributed by atoms with Crippen molar-refractivity contribution < 1.29 is 13.2 Å². The highest BCUT2D eigenvalue weighted by molar-refractivity contribution is 7.89. The lowest BCUT2D eigenvalue weighted by Crippen LogP contribution is -2.45. The largest absolute Gasteiger partial charge is 0.352 e. The smallest absolute Gasteiger partial charge is 0.224 e. The molecule has 3 rings (SSSR count). The first-order chi connectivity index (χ1) is 13.5. The van der Waals surface area contributed by atoms with Crippen LogP contribution in [0.2, 0.25) is 0 Å². The number of nitrogens with one attached hydrogen (secondary N) is 1. The normalized spacial score (nSPS) is 18.1. The Morgan fingerprint density at radius 3 is 2.89 bits per heavy atom. The van der Waals surface area contributed by atoms with E-state index in [0.717, 1.165) is 17.5 Å². The molecule has 152 valence electrons. The number of carbonyl (C=O) groups excluding carboxylic acids is 1. The summed E-state index contributed by atoms with van der Waals surface area (Å²) in [6, 6.07) is 7.95. The van der Waals surface area contributed by atoms with Gasteiger partial charge in [-0.15, -0.1) is 0 Å². The molecule has 0 saturated carbocycles. The van der Waals surface area contributed by atoms with Gasteiger partial charge in [-0.1, -0.05) is 31.2 Å². The van der Waals surface area contributed by atoms with E-state index in [0.29, 0.717) is 32.5 Å². The average Bonchev–Trinajstić information content (AvgIpc) is 3.19. The number of piperidine rings is 1. The molecule has 0 aliphatic carbocycles. The Labute approximate surface area is 166 Å². The monoisotopic (exact) mass is 405 g/mol. The molecule has 1 aromatic carbocycles. The predicted molar refractivity (Wildman–Crippen MR) is 106 cm³/mol. The van der Waals surface area contributed by atoms with Gasteiger partial charge in [0.15, 0.2) is 0 Å². The van der Waals surface area contributed by atoms with Gasteiger partial charge in [-0.3, -0.25) is 4.79 Å². The highest BCUT2D eigenvalue weighted by Crippen LogP contribution is 2.20. The van der Waals surface area contributed by atoms with Crippen LogP contribution in [0.4, 0.5) is 0 Å². The number of carbonyl (C=O) groups is 1. The van der Waals surface area contributed by atoms with Gasteiger partial charge in [-0.25, -0.2) is 22.4 Å². The molecule has 9 heteroatoms. The summed E-state index contributed by atoms with van der Waals surface area (Å²) in [4.78, 5) is 16.5. The van der Waals surface area contributed by atoms with Crippen LogP contribution >= 0.6 is 0 Å². The van der Waals surface area contributed by atoms with Gasteiger partial charge in [0.25, 0.3) is 0 Å². The van der Waals surface area contributed by atoms with Crippen LogP contribution in [0.3, 0.4) is 0 Å². The third-order valence-corrected chi connectivity index (χ3v) is 6.92. The summed E-state index contributed by atoms with van der Waals surface area (Å²) in [5, 5.41) is 7.06. The van der Waals surface area contributed by atoms with Crippen LogP contribution in [-0.2, 0) is 27.9 Å². The minimum Gasteiger partial charge on any atom is -0.352 e. The molecule has 1 saturated heterocycles. The third-order valence-electron chi connectivity index (χ3n) is 4.88. The SMILES string of the molecule is CCCS(=O)(=O)N1CCCC(C(=O)NCc2cccc(Cn3cncn3)c2)C1. The van der Waals surface area contributed by atoms with E-state index < -0.39 is 10.0 Å². The van der Waals surface area contributed by atoms with E-state index >= 15 is 0 Å². The molecule has 2 aromatic rings. The summed E-state index contributed by atoms with van der Waals surface area (Å²) in [7, 11) is -3.26. The summed E-state index contributed by atoms with van der Waals surface area (Å²) in [6.45, 7) is 3.68. The Balaban J connectivity index is 1.55. The van der Waals surface area contributed by atoms with Crippen molar-refractivity contribution in [2.24, 2.45) is 5.92 Å². The maximum atomic E-state index is 12.6. The third kappa shape index (κ3) is 5.39. The highest BCUT2D eigenvalue weighted by atomic mass is 32.2. The van der Waals surface area contributed by atoms with E-state index in [4.69, 9.17) is 0 Å². The fourth-order valence-electron chi connectivity index (χ4n) is 3.47. The minimum absolute atomic E-state index is 0.0851. The molecule has 1 unspecified atom stereocenters. The van der Waals surface area contributed by atoms with E-state index in [2.05, 4.69) is 15.4 Å². The van der Waals surface area contributed by atoms with Crippen LogP contribution < -0.4 is 5.32 Å². The second kappa shape index (κ2) is 9.29. The van der Waals surface area contributed by atoms with Gasteiger partial charge in [-0.2, -0.15) is 5.10 Å². The maximum Gasteiger partial charge on any atom is 0.224 e. The van der Waals surface area contributed by atoms with Crippen molar-refractivity contribution in [3.8, 4) is 0 Å². The molecule has 2 heterocycles. The Morgan fingerprint density at radius 2 is 2.14 bits per heavy atom. The van der Waals surface area contributed by atoms with Crippen molar-refractivity contribution in [3.05, 3.63) is 48.0 Å². The second-order valence-electron chi connectivity index (χ2n) is 7.14. The lowest BCUT2D eigenvalue weighted by molar-refractivity contribution is -0.126. The maximum absolute atomic E-state index is 12.6. The Kier molecular flexibility index (Phi) is 6.79. The van der Waals surface area contributed by atoms with Crippen molar-refractivity contribution in [2.45, 2.75) is 39.3 Å². The highest BCUT2D eigenvalue weighted by Gasteiger charge is 2.31. The zero-order valence-electron chi connectivity index (χ0n) is 16.1. The lowest BCUT2D eigenvalue weighted by atomic mass is 9.98. The minimum atomic E-state index is -3.26. The fraction of sp³-hybridized carbons (Fsp3) is 0.526. The number of aromatic nitrogens is 3. The van der Waals surface area contributed by atoms with E-state index in [9.17, 15) is 13.2 Å². The van der Waals surface area contributed by atoms with Gasteiger partial charge >= 0.3 is 0 Å². The van der Waals surface area contributed by atoms with Gasteiger partial charge in [-0.05, 0) is 30.4 Å². The topological polar surface area (TPSA) is 97.2 Å². The average molecular weight is 406 g/mol. The van der Waals surface area contributed by atoms with Crippen LogP contribution in [-0.4, -0.2) is 52.2 Å². The summed E-state index contributed by atoms with van der Waals surface area (Å²) in [5.41, 5.74) is 2.07. The number of sulfonamides is 1. The van der Waals surface area contributed by atoms with E-state index in [1.54, 1.807) is 11.0 Å². The van der Waals surface area contributed by atoms with Crippen LogP contribution in [0.25, 0.3) is 0 Å². The quantitative estimate of drug-likeness (QED) is 0.716. The van der Waals surface area contributed by atoms with Gasteiger partial charge in [0.05, 0.1) is 18.2 Å². The first-order valence-electron chi connectivity index (χ1n) is 9.63. The first kappa shape index (κ1) is 20.5. The van der Waals surface area contributed by atoms with Crippen molar-refractivity contribution in [3.63, 3.8) is 0 Å². The van der Waals surface area contributed by atoms with Crippen LogP contribution in [0.15, 0.2) is 36.9 Å². The van der Waals surface area contributed by atoms with Crippen molar-refractivity contribution in [2.75, 3.05) is 18.8 Å². The summed E-state index contributed by atoms with van der Waals surface area (Å²) < 4.78 is 27.8. The summed E-state index contributed by atoms with van der Waals surface area (Å²) >= 11 is 0. The molecular formula is C19H27N5O3S. The molecule has 1 aliphatic rings. The number of benzene rings is 1. The zero-order valence-corrected chi connectivity index (χ0v) is 16.9. The van der Waals surface area contributed by atoms with Crippen LogP contribution in [0.1, 0.15) is 37.3 Å². The zero-order chi connectivity index (χ0) is 20.0. The Hall–Kier alpha value is -2.26. The molecule has 1 fully saturated rings. The van der Waals surface area contributed by atoms with Gasteiger partial charge in [0.2, 0.25) is 15.9 Å². The molecule has 1 aromatic heterocycles. The molecule has 1 N–H and O–H groups in total. The number of nitrogens with zero attached hydrogens (tertiary/aromatic N) is 4. The standard InChI is InChI=1S/C19H27N5O3S/c1-2-9-28(26,27)24-8-4-7-18(13-24)19(25)21-11-16-5-3-6-17(10-16)12-23-15-20-14-22-23/h3,5-6,10,14-15,18H,2,4,7-9,11-13H2,1H3,(H,21,25). The number of hydrogen-bond acceptors (Lipinski definition) is 5. The molecule has 0 radical (unpaired) electrons. The van der Waals surface area contributed by atoms with Crippen LogP contribution in [0.5, 0.6) is 0 Å². The summed E-state index contributed by atoms with van der Waals surface area (Å²) in [6.07, 6.45) is 5.18. The van der Waals surface area contributed by atoms with E-state index in [1.807, 2.05) is 31.2 Å². The first-order valence-corrected chi connectivity index (χ1v) is 11.2. The molecule has 1 aliphatic heterocycles. The second-order valence-corrected chi connectivity index (χ2v) is 9.23. The molecule has 0 bridgehead atoms. The molecule has 1 atom stereocenters. The van der Waals surface area contributed by atoms with Crippen molar-refractivity contribution in [1.29, 1.82) is 0 Å². The lowest BCUT2D eigenvalue weighted by Gasteiger charge is -2.31. The van der Waals surface area contributed by atoms with E-state index in [1.165, 1.54) is 10.6 Å². The van der Waals surface area contributed by atoms with Crippen LogP contribution in [0, 0.1) is 5.92 Å². The fourth-order valence-corrected chi connectivity index (χ4v) is 5.06. The van der Waals surface area contributed by atoms with E-state index in [-0.39, 0.29) is 24.1 Å². The number of hydrogen-bond donors (Lipinski definition) is 1. The van der Waals surface area contributed by atoms with Gasteiger partial charge in [0, 0.05) is 19.6 Å². The molecule has 1 amide bonds. The Bertz CT molecular complexity index is 883. The summed E-state index contributed by atoms with van der Waals surface area (Å²) in [5.74, 6) is -0.239. The number of rotatable bonds is 8. The van der Waals surface area contributed by atoms with Crippen molar-refractivity contribution >= 4 is 15.9 Å². The molecule has 28 heavy (non-hydrogen) atoms. The molecule has 0 spiro atoms. The van der Waals surface area contributed by atoms with Gasteiger partial charge in [0.1, 0.15) is 12.7 Å². The molecular weight excluding hydrogens is 378 g/mol. The Morgan fingerprint density at radius 1 is 1.32 bits per heavy atom. The predicted octanol–water partition coefficient (Wildman–Crippen LogP) is 1.39. The molecule has 8 nitrogen and oxygen atoms in total. The van der Waals surface area contributed by atoms with Crippen molar-refractivity contribution in [1.82, 2.24) is 24.4 Å².